The summed E-state index contributed by atoms with van der Waals surface area (Å²) < 4.78 is 1.48. The summed E-state index contributed by atoms with van der Waals surface area (Å²) in [6.07, 6.45) is 5.68. The van der Waals surface area contributed by atoms with Crippen molar-refractivity contribution in [3.05, 3.63) is 45.5 Å². The van der Waals surface area contributed by atoms with Crippen molar-refractivity contribution in [1.82, 2.24) is 14.3 Å². The van der Waals surface area contributed by atoms with E-state index >= 15 is 0 Å². The first kappa shape index (κ1) is 16.1. The molecule has 4 atom stereocenters. The second kappa shape index (κ2) is 6.14. The second-order valence-electron chi connectivity index (χ2n) is 7.35. The monoisotopic (exact) mass is 347 g/mol. The van der Waals surface area contributed by atoms with E-state index < -0.39 is 0 Å². The van der Waals surface area contributed by atoms with E-state index in [-0.39, 0.29) is 11.7 Å². The standard InChI is InChI=1S/C18H22ClN3O2/c1-21(15-4-11-6-16(23)7-12(11)5-15)10-14-8-18(24)22-9-13(19)2-3-17(22)20-14/h2-3,8-9,11-12,15-16,23H,4-7,10H2,1H3/t11-,12+,15?,16?. The summed E-state index contributed by atoms with van der Waals surface area (Å²) >= 11 is 5.94. The van der Waals surface area contributed by atoms with Crippen LogP contribution in [0.15, 0.2) is 29.2 Å². The number of aromatic nitrogens is 2. The number of aliphatic hydroxyl groups excluding tert-OH is 1. The van der Waals surface area contributed by atoms with Gasteiger partial charge >= 0.3 is 0 Å². The third-order valence-corrected chi connectivity index (χ3v) is 5.90. The van der Waals surface area contributed by atoms with E-state index in [0.717, 1.165) is 31.4 Å². The van der Waals surface area contributed by atoms with Crippen LogP contribution in [0.5, 0.6) is 0 Å². The maximum absolute atomic E-state index is 12.3. The Morgan fingerprint density at radius 1 is 1.29 bits per heavy atom. The van der Waals surface area contributed by atoms with E-state index in [9.17, 15) is 9.90 Å². The highest BCUT2D eigenvalue weighted by Crippen LogP contribution is 2.45. The number of halogens is 1. The molecule has 2 heterocycles. The van der Waals surface area contributed by atoms with Gasteiger partial charge in [0.1, 0.15) is 5.65 Å². The van der Waals surface area contributed by atoms with Crippen LogP contribution in [0.4, 0.5) is 0 Å². The van der Waals surface area contributed by atoms with Gasteiger partial charge in [-0.15, -0.1) is 0 Å². The number of hydrogen-bond acceptors (Lipinski definition) is 4. The minimum absolute atomic E-state index is 0.0970. The summed E-state index contributed by atoms with van der Waals surface area (Å²) in [6.45, 7) is 0.668. The molecule has 2 aliphatic carbocycles. The van der Waals surface area contributed by atoms with Crippen LogP contribution >= 0.6 is 11.6 Å². The summed E-state index contributed by atoms with van der Waals surface area (Å²) in [5.41, 5.74) is 1.32. The van der Waals surface area contributed by atoms with Gasteiger partial charge < -0.3 is 5.11 Å². The van der Waals surface area contributed by atoms with Crippen molar-refractivity contribution in [2.75, 3.05) is 7.05 Å². The fraction of sp³-hybridized carbons (Fsp3) is 0.556. The van der Waals surface area contributed by atoms with Crippen LogP contribution in [-0.2, 0) is 6.54 Å². The molecule has 0 amide bonds. The van der Waals surface area contributed by atoms with Gasteiger partial charge in [-0.1, -0.05) is 11.6 Å². The predicted octanol–water partition coefficient (Wildman–Crippen LogP) is 2.33. The lowest BCUT2D eigenvalue weighted by Gasteiger charge is -2.25. The van der Waals surface area contributed by atoms with Gasteiger partial charge in [0.05, 0.1) is 16.8 Å². The summed E-state index contributed by atoms with van der Waals surface area (Å²) in [5.74, 6) is 1.31. The Hall–Kier alpha value is -1.43. The minimum Gasteiger partial charge on any atom is -0.393 e. The Morgan fingerprint density at radius 3 is 2.71 bits per heavy atom. The van der Waals surface area contributed by atoms with Gasteiger partial charge in [-0.05, 0) is 56.7 Å². The Kier molecular flexibility index (Phi) is 4.11. The number of aliphatic hydroxyl groups is 1. The fourth-order valence-electron chi connectivity index (χ4n) is 4.50. The molecule has 0 saturated heterocycles. The molecular weight excluding hydrogens is 326 g/mol. The van der Waals surface area contributed by atoms with E-state index in [0.29, 0.717) is 35.1 Å². The number of hydrogen-bond donors (Lipinski definition) is 1. The first-order valence-electron chi connectivity index (χ1n) is 8.56. The zero-order valence-corrected chi connectivity index (χ0v) is 14.5. The van der Waals surface area contributed by atoms with Crippen LogP contribution < -0.4 is 5.56 Å². The molecule has 0 radical (unpaired) electrons. The van der Waals surface area contributed by atoms with E-state index in [1.807, 2.05) is 0 Å². The summed E-state index contributed by atoms with van der Waals surface area (Å²) in [4.78, 5) is 19.2. The molecule has 4 rings (SSSR count). The zero-order chi connectivity index (χ0) is 16.8. The summed E-state index contributed by atoms with van der Waals surface area (Å²) in [6, 6.07) is 5.63. The molecule has 2 saturated carbocycles. The van der Waals surface area contributed by atoms with Crippen LogP contribution in [0.1, 0.15) is 31.4 Å². The van der Waals surface area contributed by atoms with Gasteiger partial charge in [0.15, 0.2) is 0 Å². The van der Waals surface area contributed by atoms with Gasteiger partial charge in [0.25, 0.3) is 5.56 Å². The molecule has 6 heteroatoms. The molecule has 0 spiro atoms. The Morgan fingerprint density at radius 2 is 2.00 bits per heavy atom. The topological polar surface area (TPSA) is 57.8 Å². The third-order valence-electron chi connectivity index (χ3n) is 5.68. The van der Waals surface area contributed by atoms with Crippen molar-refractivity contribution in [3.63, 3.8) is 0 Å². The molecule has 2 fully saturated rings. The van der Waals surface area contributed by atoms with E-state index in [1.165, 1.54) is 4.40 Å². The van der Waals surface area contributed by atoms with Crippen LogP contribution in [0, 0.1) is 11.8 Å². The van der Waals surface area contributed by atoms with E-state index in [4.69, 9.17) is 11.6 Å². The number of rotatable bonds is 3. The first-order valence-corrected chi connectivity index (χ1v) is 8.93. The zero-order valence-electron chi connectivity index (χ0n) is 13.7. The minimum atomic E-state index is -0.0997. The maximum atomic E-state index is 12.3. The van der Waals surface area contributed by atoms with Crippen LogP contribution in [0.25, 0.3) is 5.65 Å². The SMILES string of the molecule is CN(Cc1cc(=O)n2cc(Cl)ccc2n1)C1C[C@H]2CC(O)C[C@H]2C1. The van der Waals surface area contributed by atoms with Gasteiger partial charge in [0.2, 0.25) is 0 Å². The van der Waals surface area contributed by atoms with Crippen molar-refractivity contribution in [2.24, 2.45) is 11.8 Å². The second-order valence-corrected chi connectivity index (χ2v) is 7.78. The van der Waals surface area contributed by atoms with Crippen molar-refractivity contribution in [1.29, 1.82) is 0 Å². The predicted molar refractivity (Wildman–Crippen MR) is 93.2 cm³/mol. The number of nitrogens with zero attached hydrogens (tertiary/aromatic N) is 3. The molecule has 0 bridgehead atoms. The van der Waals surface area contributed by atoms with Gasteiger partial charge in [-0.25, -0.2) is 4.98 Å². The molecule has 0 aliphatic heterocycles. The van der Waals surface area contributed by atoms with Crippen LogP contribution in [-0.4, -0.2) is 38.6 Å². The lowest BCUT2D eigenvalue weighted by molar-refractivity contribution is 0.157. The van der Waals surface area contributed by atoms with Crippen molar-refractivity contribution in [3.8, 4) is 0 Å². The van der Waals surface area contributed by atoms with Gasteiger partial charge in [-0.3, -0.25) is 14.1 Å². The molecule has 5 nitrogen and oxygen atoms in total. The van der Waals surface area contributed by atoms with E-state index in [1.54, 1.807) is 24.4 Å². The molecule has 1 N–H and O–H groups in total. The Balaban J connectivity index is 1.50. The van der Waals surface area contributed by atoms with Crippen LogP contribution in [0.3, 0.4) is 0 Å². The quantitative estimate of drug-likeness (QED) is 0.925. The normalized spacial score (nSPS) is 29.5. The molecule has 128 valence electrons. The molecule has 0 aromatic carbocycles. The molecular formula is C18H22ClN3O2. The van der Waals surface area contributed by atoms with Gasteiger partial charge in [0, 0.05) is 24.8 Å². The smallest absolute Gasteiger partial charge is 0.258 e. The largest absolute Gasteiger partial charge is 0.393 e. The highest BCUT2D eigenvalue weighted by atomic mass is 35.5. The van der Waals surface area contributed by atoms with Gasteiger partial charge in [-0.2, -0.15) is 0 Å². The molecule has 2 aromatic heterocycles. The fourth-order valence-corrected chi connectivity index (χ4v) is 4.66. The Bertz CT molecular complexity index is 808. The van der Waals surface area contributed by atoms with E-state index in [2.05, 4.69) is 16.9 Å². The number of fused-ring (bicyclic) bond motifs is 2. The average molecular weight is 348 g/mol. The average Bonchev–Trinajstić information content (AvgIpc) is 3.05. The summed E-state index contributed by atoms with van der Waals surface area (Å²) in [5, 5.41) is 10.3. The molecule has 24 heavy (non-hydrogen) atoms. The number of pyridine rings is 1. The highest BCUT2D eigenvalue weighted by molar-refractivity contribution is 6.30. The lowest BCUT2D eigenvalue weighted by atomic mass is 10.0. The molecule has 2 aromatic rings. The van der Waals surface area contributed by atoms with Crippen molar-refractivity contribution in [2.45, 2.75) is 44.4 Å². The highest BCUT2D eigenvalue weighted by Gasteiger charge is 2.42. The first-order chi connectivity index (χ1) is 11.5. The van der Waals surface area contributed by atoms with Crippen LogP contribution in [0.2, 0.25) is 5.02 Å². The third kappa shape index (κ3) is 2.96. The molecule has 2 unspecified atom stereocenters. The van der Waals surface area contributed by atoms with Crippen molar-refractivity contribution < 1.29 is 5.11 Å². The lowest BCUT2D eigenvalue weighted by Crippen LogP contribution is -2.31. The van der Waals surface area contributed by atoms with Crippen molar-refractivity contribution >= 4 is 17.2 Å². The maximum Gasteiger partial charge on any atom is 0.258 e. The summed E-state index contributed by atoms with van der Waals surface area (Å²) in [7, 11) is 2.10. The Labute approximate surface area is 145 Å². The molecule has 2 aliphatic rings.